The fourth-order valence-electron chi connectivity index (χ4n) is 3.10. The van der Waals surface area contributed by atoms with E-state index in [1.54, 1.807) is 24.8 Å². The zero-order valence-corrected chi connectivity index (χ0v) is 16.8. The van der Waals surface area contributed by atoms with Crippen LogP contribution in [0.5, 0.6) is 0 Å². The largest absolute Gasteiger partial charge is 0.344 e. The molecular weight excluding hydrogens is 374 g/mol. The number of rotatable bonds is 5. The topological polar surface area (TPSA) is 80.7 Å². The van der Waals surface area contributed by atoms with Gasteiger partial charge in [0.1, 0.15) is 0 Å². The Morgan fingerprint density at radius 3 is 2.37 bits per heavy atom. The van der Waals surface area contributed by atoms with Crippen LogP contribution in [0.15, 0.2) is 79.4 Å². The summed E-state index contributed by atoms with van der Waals surface area (Å²) in [5.74, 6) is 0.312. The lowest BCUT2D eigenvalue weighted by Gasteiger charge is -2.15. The van der Waals surface area contributed by atoms with Crippen LogP contribution in [0.1, 0.15) is 34.6 Å². The van der Waals surface area contributed by atoms with Gasteiger partial charge in [0.25, 0.3) is 5.91 Å². The van der Waals surface area contributed by atoms with Gasteiger partial charge in [0.2, 0.25) is 0 Å². The Kier molecular flexibility index (Phi) is 5.57. The van der Waals surface area contributed by atoms with Crippen molar-refractivity contribution in [1.82, 2.24) is 25.3 Å². The molecule has 0 bridgehead atoms. The Labute approximate surface area is 175 Å². The molecule has 0 saturated carbocycles. The van der Waals surface area contributed by atoms with E-state index in [1.807, 2.05) is 68.4 Å². The van der Waals surface area contributed by atoms with Crippen LogP contribution < -0.4 is 5.32 Å². The highest BCUT2D eigenvalue weighted by molar-refractivity contribution is 6.00. The summed E-state index contributed by atoms with van der Waals surface area (Å²) in [7, 11) is 0. The smallest absolute Gasteiger partial charge is 0.255 e. The van der Waals surface area contributed by atoms with Gasteiger partial charge in [-0.2, -0.15) is 0 Å². The maximum absolute atomic E-state index is 13.1. The summed E-state index contributed by atoms with van der Waals surface area (Å²) in [5, 5.41) is 2.99. The molecule has 3 aromatic heterocycles. The lowest BCUT2D eigenvalue weighted by molar-refractivity contribution is 0.0939. The van der Waals surface area contributed by atoms with E-state index in [1.165, 1.54) is 0 Å². The number of amides is 1. The Bertz CT molecular complexity index is 1150. The first-order valence-corrected chi connectivity index (χ1v) is 9.68. The molecule has 0 unspecified atom stereocenters. The third-order valence-corrected chi connectivity index (χ3v) is 4.78. The van der Waals surface area contributed by atoms with E-state index in [0.717, 1.165) is 22.4 Å². The first kappa shape index (κ1) is 19.4. The van der Waals surface area contributed by atoms with Gasteiger partial charge in [0.15, 0.2) is 5.82 Å². The van der Waals surface area contributed by atoms with Crippen LogP contribution >= 0.6 is 0 Å². The maximum Gasteiger partial charge on any atom is 0.255 e. The van der Waals surface area contributed by atoms with Crippen molar-refractivity contribution in [3.8, 4) is 22.6 Å². The molecule has 0 saturated heterocycles. The molecule has 0 aliphatic heterocycles. The molecule has 0 radical (unpaired) electrons. The molecule has 1 aromatic carbocycles. The number of nitrogens with one attached hydrogen (secondary N) is 1. The average molecular weight is 395 g/mol. The number of hydrogen-bond donors (Lipinski definition) is 1. The Balaban J connectivity index is 1.71. The first-order valence-electron chi connectivity index (χ1n) is 9.68. The summed E-state index contributed by atoms with van der Waals surface area (Å²) in [6.45, 7) is 3.93. The molecule has 0 aliphatic rings. The monoisotopic (exact) mass is 395 g/mol. The van der Waals surface area contributed by atoms with Crippen LogP contribution in [0.2, 0.25) is 0 Å². The molecular formula is C24H21N5O. The molecule has 0 aliphatic carbocycles. The third kappa shape index (κ3) is 4.22. The normalized spacial score (nSPS) is 11.7. The molecule has 3 heterocycles. The van der Waals surface area contributed by atoms with E-state index in [2.05, 4.69) is 20.3 Å². The predicted molar refractivity (Wildman–Crippen MR) is 116 cm³/mol. The average Bonchev–Trinajstić information content (AvgIpc) is 2.80. The number of carbonyl (C=O) groups excluding carboxylic acids is 1. The van der Waals surface area contributed by atoms with Crippen molar-refractivity contribution in [3.05, 3.63) is 96.2 Å². The van der Waals surface area contributed by atoms with Gasteiger partial charge in [-0.3, -0.25) is 14.8 Å². The van der Waals surface area contributed by atoms with Crippen molar-refractivity contribution in [2.45, 2.75) is 19.9 Å². The standard InChI is InChI=1S/C24H21N5O/c1-16-6-8-19(9-7-16)23-27-15-20(22(29-23)18-10-13-25-14-11-18)24(30)28-17(2)21-5-3-4-12-26-21/h3-15,17H,1-2H3,(H,28,30)/t17-/m0/s1. The molecule has 6 nitrogen and oxygen atoms in total. The van der Waals surface area contributed by atoms with Gasteiger partial charge in [-0.05, 0) is 38.1 Å². The van der Waals surface area contributed by atoms with E-state index in [0.29, 0.717) is 17.1 Å². The summed E-state index contributed by atoms with van der Waals surface area (Å²) in [6.07, 6.45) is 6.65. The SMILES string of the molecule is Cc1ccc(-c2ncc(C(=O)N[C@@H](C)c3ccccn3)c(-c3ccncc3)n2)cc1. The quantitative estimate of drug-likeness (QED) is 0.542. The lowest BCUT2D eigenvalue weighted by atomic mass is 10.1. The summed E-state index contributed by atoms with van der Waals surface area (Å²) in [5.41, 5.74) is 4.61. The molecule has 30 heavy (non-hydrogen) atoms. The Morgan fingerprint density at radius 1 is 0.900 bits per heavy atom. The summed E-state index contributed by atoms with van der Waals surface area (Å²) in [4.78, 5) is 30.7. The summed E-state index contributed by atoms with van der Waals surface area (Å²) < 4.78 is 0. The van der Waals surface area contributed by atoms with Crippen molar-refractivity contribution in [1.29, 1.82) is 0 Å². The minimum atomic E-state index is -0.254. The molecule has 6 heteroatoms. The number of aromatic nitrogens is 4. The second-order valence-corrected chi connectivity index (χ2v) is 7.01. The van der Waals surface area contributed by atoms with Crippen LogP contribution in [0.3, 0.4) is 0 Å². The van der Waals surface area contributed by atoms with Crippen LogP contribution in [-0.2, 0) is 0 Å². The minimum Gasteiger partial charge on any atom is -0.344 e. The van der Waals surface area contributed by atoms with Gasteiger partial charge in [0, 0.05) is 35.9 Å². The zero-order chi connectivity index (χ0) is 20.9. The highest BCUT2D eigenvalue weighted by Crippen LogP contribution is 2.25. The van der Waals surface area contributed by atoms with Crippen molar-refractivity contribution >= 4 is 5.91 Å². The molecule has 0 spiro atoms. The number of hydrogen-bond acceptors (Lipinski definition) is 5. The van der Waals surface area contributed by atoms with Gasteiger partial charge in [-0.1, -0.05) is 35.9 Å². The number of aryl methyl sites for hydroxylation is 1. The van der Waals surface area contributed by atoms with E-state index in [-0.39, 0.29) is 11.9 Å². The van der Waals surface area contributed by atoms with Crippen molar-refractivity contribution < 1.29 is 4.79 Å². The van der Waals surface area contributed by atoms with Crippen LogP contribution in [-0.4, -0.2) is 25.8 Å². The van der Waals surface area contributed by atoms with E-state index in [4.69, 9.17) is 4.98 Å². The number of pyridine rings is 2. The molecule has 1 N–H and O–H groups in total. The van der Waals surface area contributed by atoms with Gasteiger partial charge in [0.05, 0.1) is 23.0 Å². The Hall–Kier alpha value is -3.93. The number of nitrogens with zero attached hydrogens (tertiary/aromatic N) is 4. The summed E-state index contributed by atoms with van der Waals surface area (Å²) in [6, 6.07) is 17.0. The highest BCUT2D eigenvalue weighted by Gasteiger charge is 2.19. The molecule has 4 aromatic rings. The maximum atomic E-state index is 13.1. The van der Waals surface area contributed by atoms with Gasteiger partial charge >= 0.3 is 0 Å². The highest BCUT2D eigenvalue weighted by atomic mass is 16.1. The van der Waals surface area contributed by atoms with Gasteiger partial charge in [-0.25, -0.2) is 9.97 Å². The lowest BCUT2D eigenvalue weighted by Crippen LogP contribution is -2.28. The Morgan fingerprint density at radius 2 is 1.67 bits per heavy atom. The molecule has 4 rings (SSSR count). The fourth-order valence-corrected chi connectivity index (χ4v) is 3.10. The second-order valence-electron chi connectivity index (χ2n) is 7.01. The van der Waals surface area contributed by atoms with Crippen molar-refractivity contribution in [2.24, 2.45) is 0 Å². The predicted octanol–water partition coefficient (Wildman–Crippen LogP) is 4.40. The van der Waals surface area contributed by atoms with Crippen LogP contribution in [0.25, 0.3) is 22.6 Å². The minimum absolute atomic E-state index is 0.249. The van der Waals surface area contributed by atoms with E-state index >= 15 is 0 Å². The molecule has 1 amide bonds. The van der Waals surface area contributed by atoms with E-state index in [9.17, 15) is 4.79 Å². The van der Waals surface area contributed by atoms with Crippen LogP contribution in [0, 0.1) is 6.92 Å². The van der Waals surface area contributed by atoms with Gasteiger partial charge < -0.3 is 5.32 Å². The number of benzene rings is 1. The van der Waals surface area contributed by atoms with E-state index < -0.39 is 0 Å². The number of carbonyl (C=O) groups is 1. The molecule has 0 fully saturated rings. The second kappa shape index (κ2) is 8.61. The van der Waals surface area contributed by atoms with Crippen LogP contribution in [0.4, 0.5) is 0 Å². The van der Waals surface area contributed by atoms with Crippen molar-refractivity contribution in [3.63, 3.8) is 0 Å². The fraction of sp³-hybridized carbons (Fsp3) is 0.125. The zero-order valence-electron chi connectivity index (χ0n) is 16.8. The summed E-state index contributed by atoms with van der Waals surface area (Å²) >= 11 is 0. The first-order chi connectivity index (χ1) is 14.6. The third-order valence-electron chi connectivity index (χ3n) is 4.78. The van der Waals surface area contributed by atoms with Gasteiger partial charge in [-0.15, -0.1) is 0 Å². The van der Waals surface area contributed by atoms with Crippen molar-refractivity contribution in [2.75, 3.05) is 0 Å². The molecule has 1 atom stereocenters. The molecule has 148 valence electrons.